The maximum atomic E-state index is 11.7. The van der Waals surface area contributed by atoms with Crippen LogP contribution >= 0.6 is 0 Å². The first kappa shape index (κ1) is 14.6. The normalized spacial score (nSPS) is 10.9. The van der Waals surface area contributed by atoms with Gasteiger partial charge in [0.2, 0.25) is 11.8 Å². The number of rotatable bonds is 6. The summed E-state index contributed by atoms with van der Waals surface area (Å²) in [7, 11) is 0. The van der Waals surface area contributed by atoms with E-state index >= 15 is 0 Å². The van der Waals surface area contributed by atoms with Crippen LogP contribution in [0.3, 0.4) is 0 Å². The average Bonchev–Trinajstić information content (AvgIpc) is 3.03. The number of aryl methyl sites for hydroxylation is 2. The lowest BCUT2D eigenvalue weighted by atomic mass is 10.4. The number of carbonyl (C=O) groups is 2. The lowest BCUT2D eigenvalue weighted by molar-refractivity contribution is -0.118. The molecule has 2 aromatic heterocycles. The third kappa shape index (κ3) is 4.64. The molecule has 2 heterocycles. The number of primary amides is 1. The van der Waals surface area contributed by atoms with E-state index in [1.165, 1.54) is 6.08 Å². The molecule has 0 saturated heterocycles. The van der Waals surface area contributed by atoms with E-state index in [1.807, 2.05) is 13.0 Å². The van der Waals surface area contributed by atoms with E-state index in [-0.39, 0.29) is 12.3 Å². The quantitative estimate of drug-likeness (QED) is 0.782. The van der Waals surface area contributed by atoms with Crippen LogP contribution in [-0.4, -0.2) is 21.6 Å². The number of aromatic nitrogens is 2. The van der Waals surface area contributed by atoms with Crippen molar-refractivity contribution in [1.29, 1.82) is 0 Å². The van der Waals surface area contributed by atoms with Gasteiger partial charge in [0.15, 0.2) is 5.82 Å². The highest BCUT2D eigenvalue weighted by molar-refractivity contribution is 6.01. The molecule has 0 fully saturated rings. The molecule has 0 saturated carbocycles. The summed E-state index contributed by atoms with van der Waals surface area (Å²) in [6.07, 6.45) is 4.80. The SMILES string of the molecule is Cc1ccc(/C=C/C(=O)Nc2ccn(CCC(N)=O)n2)o1. The Balaban J connectivity index is 1.87. The predicted octanol–water partition coefficient (Wildman–Crippen LogP) is 1.31. The van der Waals surface area contributed by atoms with Crippen LogP contribution in [-0.2, 0) is 16.1 Å². The van der Waals surface area contributed by atoms with Crippen LogP contribution in [0.1, 0.15) is 17.9 Å². The van der Waals surface area contributed by atoms with Crippen LogP contribution in [0.5, 0.6) is 0 Å². The minimum Gasteiger partial charge on any atom is -0.462 e. The molecule has 0 unspecified atom stereocenters. The smallest absolute Gasteiger partial charge is 0.249 e. The summed E-state index contributed by atoms with van der Waals surface area (Å²) >= 11 is 0. The van der Waals surface area contributed by atoms with E-state index in [1.54, 1.807) is 29.1 Å². The van der Waals surface area contributed by atoms with E-state index in [9.17, 15) is 9.59 Å². The van der Waals surface area contributed by atoms with Crippen molar-refractivity contribution in [3.05, 3.63) is 42.0 Å². The summed E-state index contributed by atoms with van der Waals surface area (Å²) in [4.78, 5) is 22.4. The standard InChI is InChI=1S/C14H16N4O3/c1-10-2-3-11(21-10)4-5-14(20)16-13-7-9-18(17-13)8-6-12(15)19/h2-5,7,9H,6,8H2,1H3,(H2,15,19)(H,16,17,20)/b5-4+. The Kier molecular flexibility index (Phi) is 4.55. The second-order valence-electron chi connectivity index (χ2n) is 4.45. The number of nitrogens with one attached hydrogen (secondary N) is 1. The zero-order chi connectivity index (χ0) is 15.2. The van der Waals surface area contributed by atoms with Gasteiger partial charge in [-0.2, -0.15) is 5.10 Å². The van der Waals surface area contributed by atoms with Gasteiger partial charge in [0, 0.05) is 31.3 Å². The Morgan fingerprint density at radius 2 is 2.24 bits per heavy atom. The van der Waals surface area contributed by atoms with Crippen LogP contribution in [0.25, 0.3) is 6.08 Å². The fourth-order valence-corrected chi connectivity index (χ4v) is 1.65. The summed E-state index contributed by atoms with van der Waals surface area (Å²) in [5.74, 6) is 1.08. The molecule has 0 radical (unpaired) electrons. The molecule has 0 aromatic carbocycles. The Labute approximate surface area is 121 Å². The van der Waals surface area contributed by atoms with Crippen LogP contribution in [0.4, 0.5) is 5.82 Å². The first-order valence-electron chi connectivity index (χ1n) is 6.40. The number of nitrogens with zero attached hydrogens (tertiary/aromatic N) is 2. The predicted molar refractivity (Wildman–Crippen MR) is 77.1 cm³/mol. The molecule has 110 valence electrons. The summed E-state index contributed by atoms with van der Waals surface area (Å²) in [6.45, 7) is 2.21. The monoisotopic (exact) mass is 288 g/mol. The highest BCUT2D eigenvalue weighted by atomic mass is 16.3. The minimum absolute atomic E-state index is 0.201. The Morgan fingerprint density at radius 1 is 1.43 bits per heavy atom. The Morgan fingerprint density at radius 3 is 2.90 bits per heavy atom. The van der Waals surface area contributed by atoms with Crippen molar-refractivity contribution in [2.75, 3.05) is 5.32 Å². The van der Waals surface area contributed by atoms with Crippen LogP contribution in [0, 0.1) is 6.92 Å². The van der Waals surface area contributed by atoms with Gasteiger partial charge in [-0.25, -0.2) is 0 Å². The first-order chi connectivity index (χ1) is 10.0. The molecule has 0 aliphatic heterocycles. The van der Waals surface area contributed by atoms with Gasteiger partial charge >= 0.3 is 0 Å². The third-order valence-electron chi connectivity index (χ3n) is 2.64. The molecule has 0 aliphatic carbocycles. The van der Waals surface area contributed by atoms with E-state index < -0.39 is 5.91 Å². The lowest BCUT2D eigenvalue weighted by Crippen LogP contribution is -2.14. The van der Waals surface area contributed by atoms with E-state index in [0.717, 1.165) is 5.76 Å². The van der Waals surface area contributed by atoms with Crippen LogP contribution in [0.2, 0.25) is 0 Å². The fraction of sp³-hybridized carbons (Fsp3) is 0.214. The first-order valence-corrected chi connectivity index (χ1v) is 6.40. The van der Waals surface area contributed by atoms with Gasteiger partial charge in [-0.05, 0) is 25.1 Å². The van der Waals surface area contributed by atoms with Crippen molar-refractivity contribution in [3.63, 3.8) is 0 Å². The topological polar surface area (TPSA) is 103 Å². The number of hydrogen-bond acceptors (Lipinski definition) is 4. The molecular weight excluding hydrogens is 272 g/mol. The van der Waals surface area contributed by atoms with Crippen molar-refractivity contribution in [1.82, 2.24) is 9.78 Å². The average molecular weight is 288 g/mol. The minimum atomic E-state index is -0.396. The molecule has 7 heteroatoms. The summed E-state index contributed by atoms with van der Waals surface area (Å²) in [5.41, 5.74) is 5.06. The van der Waals surface area contributed by atoms with Crippen molar-refractivity contribution < 1.29 is 14.0 Å². The molecule has 0 bridgehead atoms. The van der Waals surface area contributed by atoms with Gasteiger partial charge in [-0.1, -0.05) is 0 Å². The third-order valence-corrected chi connectivity index (χ3v) is 2.64. The van der Waals surface area contributed by atoms with Crippen LogP contribution in [0.15, 0.2) is 34.9 Å². The maximum Gasteiger partial charge on any atom is 0.249 e. The summed E-state index contributed by atoms with van der Waals surface area (Å²) in [6, 6.07) is 5.24. The number of furan rings is 1. The van der Waals surface area contributed by atoms with E-state index in [0.29, 0.717) is 18.1 Å². The highest BCUT2D eigenvalue weighted by Crippen LogP contribution is 2.08. The summed E-state index contributed by atoms with van der Waals surface area (Å²) in [5, 5.41) is 6.71. The Bertz CT molecular complexity index is 669. The van der Waals surface area contributed by atoms with E-state index in [2.05, 4.69) is 10.4 Å². The molecule has 2 amide bonds. The molecule has 0 aliphatic rings. The zero-order valence-electron chi connectivity index (χ0n) is 11.6. The number of carbonyl (C=O) groups excluding carboxylic acids is 2. The second kappa shape index (κ2) is 6.56. The number of hydrogen-bond donors (Lipinski definition) is 2. The van der Waals surface area contributed by atoms with Crippen molar-refractivity contribution in [2.24, 2.45) is 5.73 Å². The van der Waals surface area contributed by atoms with Gasteiger partial charge in [0.05, 0.1) is 0 Å². The Hall–Kier alpha value is -2.83. The molecule has 7 nitrogen and oxygen atoms in total. The molecule has 21 heavy (non-hydrogen) atoms. The zero-order valence-corrected chi connectivity index (χ0v) is 11.6. The number of amides is 2. The van der Waals surface area contributed by atoms with Crippen molar-refractivity contribution >= 4 is 23.7 Å². The highest BCUT2D eigenvalue weighted by Gasteiger charge is 2.03. The largest absolute Gasteiger partial charge is 0.462 e. The van der Waals surface area contributed by atoms with Gasteiger partial charge < -0.3 is 15.5 Å². The molecule has 2 rings (SSSR count). The molecule has 0 atom stereocenters. The fourth-order valence-electron chi connectivity index (χ4n) is 1.65. The van der Waals surface area contributed by atoms with Crippen molar-refractivity contribution in [2.45, 2.75) is 19.9 Å². The molecule has 2 aromatic rings. The summed E-state index contributed by atoms with van der Waals surface area (Å²) < 4.78 is 6.85. The molecule has 0 spiro atoms. The molecule has 3 N–H and O–H groups in total. The van der Waals surface area contributed by atoms with Gasteiger partial charge in [-0.3, -0.25) is 14.3 Å². The van der Waals surface area contributed by atoms with Crippen LogP contribution < -0.4 is 11.1 Å². The van der Waals surface area contributed by atoms with Gasteiger partial charge in [0.1, 0.15) is 11.5 Å². The molecular formula is C14H16N4O3. The number of anilines is 1. The van der Waals surface area contributed by atoms with E-state index in [4.69, 9.17) is 10.2 Å². The maximum absolute atomic E-state index is 11.7. The van der Waals surface area contributed by atoms with Crippen molar-refractivity contribution in [3.8, 4) is 0 Å². The second-order valence-corrected chi connectivity index (χ2v) is 4.45. The van der Waals surface area contributed by atoms with Gasteiger partial charge in [0.25, 0.3) is 0 Å². The number of nitrogens with two attached hydrogens (primary N) is 1. The lowest BCUT2D eigenvalue weighted by Gasteiger charge is -1.98. The van der Waals surface area contributed by atoms with Gasteiger partial charge in [-0.15, -0.1) is 0 Å².